The van der Waals surface area contributed by atoms with Crippen LogP contribution in [-0.4, -0.2) is 25.2 Å². The normalized spacial score (nSPS) is 10.0. The number of benzene rings is 2. The molecule has 2 rings (SSSR count). The van der Waals surface area contributed by atoms with Crippen LogP contribution >= 0.6 is 0 Å². The first-order valence-corrected chi connectivity index (χ1v) is 8.05. The molecule has 0 aliphatic heterocycles. The van der Waals surface area contributed by atoms with E-state index in [-0.39, 0.29) is 6.03 Å². The third-order valence-corrected chi connectivity index (χ3v) is 3.44. The van der Waals surface area contributed by atoms with Crippen molar-refractivity contribution in [1.29, 1.82) is 0 Å². The van der Waals surface area contributed by atoms with Crippen LogP contribution in [0.15, 0.2) is 54.6 Å². The first-order valence-electron chi connectivity index (χ1n) is 8.05. The van der Waals surface area contributed by atoms with E-state index in [0.29, 0.717) is 24.4 Å². The number of urea groups is 1. The second-order valence-electron chi connectivity index (χ2n) is 5.24. The number of carbonyl (C=O) groups is 2. The largest absolute Gasteiger partial charge is 0.462 e. The highest BCUT2D eigenvalue weighted by Gasteiger charge is 2.13. The van der Waals surface area contributed by atoms with Gasteiger partial charge in [-0.05, 0) is 37.5 Å². The Morgan fingerprint density at radius 3 is 2.46 bits per heavy atom. The lowest BCUT2D eigenvalue weighted by Crippen LogP contribution is -2.30. The van der Waals surface area contributed by atoms with Crippen LogP contribution in [0.4, 0.5) is 10.5 Å². The van der Waals surface area contributed by atoms with Crippen LogP contribution in [0.5, 0.6) is 0 Å². The van der Waals surface area contributed by atoms with Crippen LogP contribution < -0.4 is 10.6 Å². The standard InChI is InChI=1S/C19H22N2O3/c1-2-24-18(22)16-12-6-7-13-17(16)21-19(23)20-14-8-11-15-9-4-3-5-10-15/h3-7,9-10,12-13H,2,8,11,14H2,1H3,(H2,20,21,23). The smallest absolute Gasteiger partial charge is 0.340 e. The van der Waals surface area contributed by atoms with Crippen LogP contribution in [0.2, 0.25) is 0 Å². The van der Waals surface area contributed by atoms with Crippen LogP contribution in [0, 0.1) is 0 Å². The van der Waals surface area contributed by atoms with Gasteiger partial charge in [0.2, 0.25) is 0 Å². The average Bonchev–Trinajstić information content (AvgIpc) is 2.60. The highest BCUT2D eigenvalue weighted by molar-refractivity contribution is 6.00. The first-order chi connectivity index (χ1) is 11.7. The molecular weight excluding hydrogens is 304 g/mol. The van der Waals surface area contributed by atoms with Gasteiger partial charge in [-0.1, -0.05) is 42.5 Å². The van der Waals surface area contributed by atoms with Crippen molar-refractivity contribution in [3.05, 3.63) is 65.7 Å². The third-order valence-electron chi connectivity index (χ3n) is 3.44. The Labute approximate surface area is 142 Å². The van der Waals surface area contributed by atoms with Gasteiger partial charge in [0.15, 0.2) is 0 Å². The van der Waals surface area contributed by atoms with Gasteiger partial charge in [0.1, 0.15) is 0 Å². The topological polar surface area (TPSA) is 67.4 Å². The van der Waals surface area contributed by atoms with E-state index in [9.17, 15) is 9.59 Å². The summed E-state index contributed by atoms with van der Waals surface area (Å²) in [5.74, 6) is -0.447. The monoisotopic (exact) mass is 326 g/mol. The van der Waals surface area contributed by atoms with Crippen LogP contribution in [0.1, 0.15) is 29.3 Å². The molecule has 2 amide bonds. The second kappa shape index (κ2) is 9.35. The summed E-state index contributed by atoms with van der Waals surface area (Å²) in [7, 11) is 0. The van der Waals surface area contributed by atoms with E-state index < -0.39 is 5.97 Å². The summed E-state index contributed by atoms with van der Waals surface area (Å²) in [6, 6.07) is 16.6. The molecule has 0 aliphatic carbocycles. The number of anilines is 1. The fourth-order valence-electron chi connectivity index (χ4n) is 2.28. The predicted molar refractivity (Wildman–Crippen MR) is 94.2 cm³/mol. The van der Waals surface area contributed by atoms with E-state index in [1.807, 2.05) is 18.2 Å². The van der Waals surface area contributed by atoms with E-state index >= 15 is 0 Å². The SMILES string of the molecule is CCOC(=O)c1ccccc1NC(=O)NCCCc1ccccc1. The van der Waals surface area contributed by atoms with Crippen molar-refractivity contribution in [2.75, 3.05) is 18.5 Å². The van der Waals surface area contributed by atoms with E-state index in [2.05, 4.69) is 22.8 Å². The van der Waals surface area contributed by atoms with Crippen molar-refractivity contribution < 1.29 is 14.3 Å². The Morgan fingerprint density at radius 2 is 1.71 bits per heavy atom. The molecule has 0 spiro atoms. The third kappa shape index (κ3) is 5.43. The molecule has 0 aliphatic rings. The van der Waals surface area contributed by atoms with Crippen molar-refractivity contribution in [2.45, 2.75) is 19.8 Å². The minimum absolute atomic E-state index is 0.291. The average molecular weight is 326 g/mol. The fraction of sp³-hybridized carbons (Fsp3) is 0.263. The van der Waals surface area contributed by atoms with Gasteiger partial charge >= 0.3 is 12.0 Å². The lowest BCUT2D eigenvalue weighted by Gasteiger charge is -2.11. The molecule has 0 radical (unpaired) electrons. The lowest BCUT2D eigenvalue weighted by molar-refractivity contribution is 0.0527. The highest BCUT2D eigenvalue weighted by atomic mass is 16.5. The summed E-state index contributed by atoms with van der Waals surface area (Å²) in [4.78, 5) is 23.9. The number of hydrogen-bond acceptors (Lipinski definition) is 3. The van der Waals surface area contributed by atoms with Crippen LogP contribution in [0.25, 0.3) is 0 Å². The van der Waals surface area contributed by atoms with Crippen LogP contribution in [0.3, 0.4) is 0 Å². The van der Waals surface area contributed by atoms with Crippen LogP contribution in [-0.2, 0) is 11.2 Å². The first kappa shape index (κ1) is 17.5. The Balaban J connectivity index is 1.81. The number of amides is 2. The zero-order valence-corrected chi connectivity index (χ0v) is 13.7. The minimum Gasteiger partial charge on any atom is -0.462 e. The van der Waals surface area contributed by atoms with Gasteiger partial charge < -0.3 is 15.4 Å². The number of esters is 1. The fourth-order valence-corrected chi connectivity index (χ4v) is 2.28. The molecule has 24 heavy (non-hydrogen) atoms. The molecule has 2 aromatic carbocycles. The molecular formula is C19H22N2O3. The zero-order chi connectivity index (χ0) is 17.2. The van der Waals surface area contributed by atoms with Gasteiger partial charge in [-0.15, -0.1) is 0 Å². The number of carbonyl (C=O) groups excluding carboxylic acids is 2. The summed E-state index contributed by atoms with van der Waals surface area (Å²) in [5, 5.41) is 5.50. The van der Waals surface area contributed by atoms with E-state index in [1.54, 1.807) is 31.2 Å². The number of ether oxygens (including phenoxy) is 1. The summed E-state index contributed by atoms with van der Waals surface area (Å²) in [5.41, 5.74) is 2.03. The van der Waals surface area contributed by atoms with Crippen molar-refractivity contribution in [3.8, 4) is 0 Å². The van der Waals surface area contributed by atoms with Gasteiger partial charge in [0, 0.05) is 6.54 Å². The van der Waals surface area contributed by atoms with Gasteiger partial charge in [-0.2, -0.15) is 0 Å². The Morgan fingerprint density at radius 1 is 1.00 bits per heavy atom. The maximum Gasteiger partial charge on any atom is 0.340 e. The molecule has 2 N–H and O–H groups in total. The minimum atomic E-state index is -0.447. The second-order valence-corrected chi connectivity index (χ2v) is 5.24. The van der Waals surface area contributed by atoms with Crippen molar-refractivity contribution >= 4 is 17.7 Å². The maximum atomic E-state index is 12.0. The lowest BCUT2D eigenvalue weighted by atomic mass is 10.1. The molecule has 0 aromatic heterocycles. The number of rotatable bonds is 7. The molecule has 5 nitrogen and oxygen atoms in total. The number of hydrogen-bond donors (Lipinski definition) is 2. The molecule has 126 valence electrons. The summed E-state index contributed by atoms with van der Waals surface area (Å²) < 4.78 is 4.99. The number of aryl methyl sites for hydroxylation is 1. The quantitative estimate of drug-likeness (QED) is 0.603. The molecule has 0 bridgehead atoms. The number of nitrogens with one attached hydrogen (secondary N) is 2. The van der Waals surface area contributed by atoms with Crippen molar-refractivity contribution in [2.24, 2.45) is 0 Å². The Bertz CT molecular complexity index is 671. The number of para-hydroxylation sites is 1. The Hall–Kier alpha value is -2.82. The summed E-state index contributed by atoms with van der Waals surface area (Å²) in [6.45, 7) is 2.59. The van der Waals surface area contributed by atoms with Crippen molar-refractivity contribution in [3.63, 3.8) is 0 Å². The van der Waals surface area contributed by atoms with Gasteiger partial charge in [-0.25, -0.2) is 9.59 Å². The van der Waals surface area contributed by atoms with E-state index in [4.69, 9.17) is 4.74 Å². The van der Waals surface area contributed by atoms with Gasteiger partial charge in [0.05, 0.1) is 17.9 Å². The molecule has 2 aromatic rings. The summed E-state index contributed by atoms with van der Waals surface area (Å²) >= 11 is 0. The molecule has 0 unspecified atom stereocenters. The van der Waals surface area contributed by atoms with E-state index in [1.165, 1.54) is 5.56 Å². The van der Waals surface area contributed by atoms with Gasteiger partial charge in [-0.3, -0.25) is 0 Å². The zero-order valence-electron chi connectivity index (χ0n) is 13.7. The van der Waals surface area contributed by atoms with E-state index in [0.717, 1.165) is 12.8 Å². The van der Waals surface area contributed by atoms with Gasteiger partial charge in [0.25, 0.3) is 0 Å². The molecule has 0 atom stereocenters. The van der Waals surface area contributed by atoms with Crippen molar-refractivity contribution in [1.82, 2.24) is 5.32 Å². The molecule has 0 saturated heterocycles. The molecule has 5 heteroatoms. The molecule has 0 fully saturated rings. The molecule has 0 saturated carbocycles. The Kier molecular flexibility index (Phi) is 6.83. The highest BCUT2D eigenvalue weighted by Crippen LogP contribution is 2.16. The molecule has 0 heterocycles. The summed E-state index contributed by atoms with van der Waals surface area (Å²) in [6.07, 6.45) is 1.75. The predicted octanol–water partition coefficient (Wildman–Crippen LogP) is 3.62. The maximum absolute atomic E-state index is 12.0.